The van der Waals surface area contributed by atoms with Crippen molar-refractivity contribution in [2.75, 3.05) is 20.2 Å². The van der Waals surface area contributed by atoms with Crippen LogP contribution in [-0.2, 0) is 4.79 Å². The van der Waals surface area contributed by atoms with Crippen LogP contribution in [0.2, 0.25) is 0 Å². The summed E-state index contributed by atoms with van der Waals surface area (Å²) in [5.74, 6) is -0.293. The molecular weight excluding hydrogens is 188 g/mol. The average molecular weight is 200 g/mol. The summed E-state index contributed by atoms with van der Waals surface area (Å²) in [5, 5.41) is 18.1. The van der Waals surface area contributed by atoms with Gasteiger partial charge in [-0.3, -0.25) is 9.69 Å². The first-order chi connectivity index (χ1) is 6.53. The molecule has 0 saturated carbocycles. The highest BCUT2D eigenvalue weighted by Gasteiger charge is 2.61. The fourth-order valence-electron chi connectivity index (χ4n) is 2.39. The van der Waals surface area contributed by atoms with Gasteiger partial charge in [-0.15, -0.1) is 0 Å². The Morgan fingerprint density at radius 3 is 2.79 bits per heavy atom. The number of aliphatic hydroxyl groups excluding tert-OH is 1. The molecule has 0 radical (unpaired) electrons. The average Bonchev–Trinajstić information content (AvgIpc) is 2.64. The van der Waals surface area contributed by atoms with Crippen molar-refractivity contribution in [2.45, 2.75) is 18.0 Å². The highest BCUT2D eigenvalue weighted by atomic mass is 16.4. The molecule has 2 atom stereocenters. The van der Waals surface area contributed by atoms with Crippen LogP contribution in [0.5, 0.6) is 0 Å². The number of amides is 2. The van der Waals surface area contributed by atoms with Gasteiger partial charge in [0.2, 0.25) is 0 Å². The maximum atomic E-state index is 11.7. The summed E-state index contributed by atoms with van der Waals surface area (Å²) in [6.45, 7) is -0.128. The van der Waals surface area contributed by atoms with Crippen LogP contribution in [0.3, 0.4) is 0 Å². The van der Waals surface area contributed by atoms with E-state index in [4.69, 9.17) is 5.11 Å². The Balaban J connectivity index is 2.38. The first-order valence-corrected chi connectivity index (χ1v) is 4.41. The summed E-state index contributed by atoms with van der Waals surface area (Å²) in [7, 11) is 1.64. The maximum absolute atomic E-state index is 11.7. The van der Waals surface area contributed by atoms with E-state index in [1.165, 1.54) is 4.90 Å². The van der Waals surface area contributed by atoms with Gasteiger partial charge in [0.1, 0.15) is 5.54 Å². The molecule has 2 amide bonds. The summed E-state index contributed by atoms with van der Waals surface area (Å²) < 4.78 is 0. The lowest BCUT2D eigenvalue weighted by Gasteiger charge is -2.36. The van der Waals surface area contributed by atoms with Gasteiger partial charge < -0.3 is 15.1 Å². The van der Waals surface area contributed by atoms with Crippen LogP contribution in [0.1, 0.15) is 6.42 Å². The van der Waals surface area contributed by atoms with Gasteiger partial charge in [0, 0.05) is 20.0 Å². The van der Waals surface area contributed by atoms with Crippen molar-refractivity contribution in [1.29, 1.82) is 0 Å². The fraction of sp³-hybridized carbons (Fsp3) is 0.750. The van der Waals surface area contributed by atoms with Gasteiger partial charge >= 0.3 is 6.09 Å². The largest absolute Gasteiger partial charge is 0.465 e. The number of rotatable bonds is 1. The monoisotopic (exact) mass is 200 g/mol. The summed E-state index contributed by atoms with van der Waals surface area (Å²) in [6, 6.07) is -0.0780. The van der Waals surface area contributed by atoms with Gasteiger partial charge in [-0.05, 0) is 0 Å². The van der Waals surface area contributed by atoms with Crippen molar-refractivity contribution in [3.63, 3.8) is 0 Å². The Kier molecular flexibility index (Phi) is 1.72. The Labute approximate surface area is 80.7 Å². The van der Waals surface area contributed by atoms with Crippen LogP contribution in [0.25, 0.3) is 0 Å². The molecule has 2 fully saturated rings. The van der Waals surface area contributed by atoms with Gasteiger partial charge in [0.15, 0.2) is 0 Å². The zero-order valence-electron chi connectivity index (χ0n) is 7.80. The van der Waals surface area contributed by atoms with Crippen LogP contribution >= 0.6 is 0 Å². The van der Waals surface area contributed by atoms with Gasteiger partial charge in [-0.25, -0.2) is 4.79 Å². The molecule has 2 saturated heterocycles. The van der Waals surface area contributed by atoms with Crippen molar-refractivity contribution >= 4 is 12.0 Å². The lowest BCUT2D eigenvalue weighted by molar-refractivity contribution is -0.142. The minimum absolute atomic E-state index is 0.0780. The molecule has 6 heteroatoms. The molecule has 0 unspecified atom stereocenters. The third-order valence-corrected chi connectivity index (χ3v) is 3.24. The second-order valence-electron chi connectivity index (χ2n) is 3.86. The third-order valence-electron chi connectivity index (χ3n) is 3.24. The molecule has 14 heavy (non-hydrogen) atoms. The van der Waals surface area contributed by atoms with E-state index < -0.39 is 18.2 Å². The van der Waals surface area contributed by atoms with E-state index >= 15 is 0 Å². The fourth-order valence-corrected chi connectivity index (χ4v) is 2.39. The molecule has 2 N–H and O–H groups in total. The number of carbonyl (C=O) groups is 2. The third kappa shape index (κ3) is 0.836. The highest BCUT2D eigenvalue weighted by molar-refractivity contribution is 5.93. The zero-order chi connectivity index (χ0) is 10.5. The SMILES string of the molecule is CN1C(=O)[C@]2(CO)C[C@H]1CN2C(=O)O. The number of fused-ring (bicyclic) bond motifs is 2. The van der Waals surface area contributed by atoms with Crippen molar-refractivity contribution in [1.82, 2.24) is 9.80 Å². The molecule has 0 spiro atoms. The molecule has 0 aromatic carbocycles. The predicted molar refractivity (Wildman–Crippen MR) is 45.7 cm³/mol. The van der Waals surface area contributed by atoms with E-state index in [0.29, 0.717) is 13.0 Å². The maximum Gasteiger partial charge on any atom is 0.408 e. The van der Waals surface area contributed by atoms with Gasteiger partial charge in [0.05, 0.1) is 12.6 Å². The number of piperazine rings is 1. The number of aliphatic hydroxyl groups is 1. The number of carbonyl (C=O) groups excluding carboxylic acids is 1. The van der Waals surface area contributed by atoms with E-state index in [-0.39, 0.29) is 11.9 Å². The van der Waals surface area contributed by atoms with Crippen molar-refractivity contribution < 1.29 is 19.8 Å². The van der Waals surface area contributed by atoms with E-state index in [1.54, 1.807) is 7.05 Å². The Morgan fingerprint density at radius 1 is 1.71 bits per heavy atom. The molecule has 6 nitrogen and oxygen atoms in total. The summed E-state index contributed by atoms with van der Waals surface area (Å²) in [5.41, 5.74) is -1.20. The lowest BCUT2D eigenvalue weighted by Crippen LogP contribution is -2.60. The van der Waals surface area contributed by atoms with Crippen LogP contribution in [-0.4, -0.2) is 63.8 Å². The van der Waals surface area contributed by atoms with Crippen LogP contribution < -0.4 is 0 Å². The Hall–Kier alpha value is -1.30. The number of likely N-dealkylation sites (N-methyl/N-ethyl adjacent to an activating group) is 1. The first kappa shape index (κ1) is 9.26. The molecule has 2 rings (SSSR count). The van der Waals surface area contributed by atoms with E-state index in [0.717, 1.165) is 4.90 Å². The Bertz CT molecular complexity index is 306. The second-order valence-corrected chi connectivity index (χ2v) is 3.86. The van der Waals surface area contributed by atoms with Crippen molar-refractivity contribution in [2.24, 2.45) is 0 Å². The molecular formula is C8H12N2O4. The molecule has 0 aromatic rings. The van der Waals surface area contributed by atoms with Gasteiger partial charge in [-0.2, -0.15) is 0 Å². The first-order valence-electron chi connectivity index (χ1n) is 4.41. The summed E-state index contributed by atoms with van der Waals surface area (Å²) >= 11 is 0. The number of hydrogen-bond acceptors (Lipinski definition) is 3. The van der Waals surface area contributed by atoms with Crippen LogP contribution in [0.15, 0.2) is 0 Å². The molecule has 78 valence electrons. The summed E-state index contributed by atoms with van der Waals surface area (Å²) in [6.07, 6.45) is -0.728. The zero-order valence-corrected chi connectivity index (χ0v) is 7.80. The lowest BCUT2D eigenvalue weighted by atomic mass is 9.99. The summed E-state index contributed by atoms with van der Waals surface area (Å²) in [4.78, 5) is 25.1. The highest BCUT2D eigenvalue weighted by Crippen LogP contribution is 2.39. The van der Waals surface area contributed by atoms with Crippen LogP contribution in [0.4, 0.5) is 4.79 Å². The van der Waals surface area contributed by atoms with Gasteiger partial charge in [-0.1, -0.05) is 0 Å². The van der Waals surface area contributed by atoms with E-state index in [2.05, 4.69) is 0 Å². The van der Waals surface area contributed by atoms with Crippen molar-refractivity contribution in [3.05, 3.63) is 0 Å². The smallest absolute Gasteiger partial charge is 0.408 e. The molecule has 2 heterocycles. The quantitative estimate of drug-likeness (QED) is 0.565. The van der Waals surface area contributed by atoms with E-state index in [1.807, 2.05) is 0 Å². The van der Waals surface area contributed by atoms with Crippen molar-refractivity contribution in [3.8, 4) is 0 Å². The molecule has 2 aliphatic heterocycles. The number of nitrogens with zero attached hydrogens (tertiary/aromatic N) is 2. The Morgan fingerprint density at radius 2 is 2.36 bits per heavy atom. The molecule has 2 aliphatic rings. The van der Waals surface area contributed by atoms with E-state index in [9.17, 15) is 14.7 Å². The normalized spacial score (nSPS) is 35.6. The number of likely N-dealkylation sites (tertiary alicyclic amines) is 2. The topological polar surface area (TPSA) is 81.1 Å². The second kappa shape index (κ2) is 2.60. The molecule has 0 aromatic heterocycles. The standard InChI is InChI=1S/C8H12N2O4/c1-9-5-2-8(4-11,6(9)12)10(3-5)7(13)14/h5,11H,2-4H2,1H3,(H,13,14)/t5-,8+/m0/s1. The molecule has 2 bridgehead atoms. The minimum Gasteiger partial charge on any atom is -0.465 e. The number of carboxylic acid groups (broad SMARTS) is 1. The minimum atomic E-state index is -1.20. The molecule has 0 aliphatic carbocycles. The van der Waals surface area contributed by atoms with Crippen LogP contribution in [0, 0.1) is 0 Å². The predicted octanol–water partition coefficient (Wildman–Crippen LogP) is -1.06. The van der Waals surface area contributed by atoms with Gasteiger partial charge in [0.25, 0.3) is 5.91 Å². The number of hydrogen-bond donors (Lipinski definition) is 2.